The monoisotopic (exact) mass is 504 g/mol. The third-order valence-corrected chi connectivity index (χ3v) is 4.97. The molecule has 1 aliphatic rings. The Morgan fingerprint density at radius 1 is 1.17 bits per heavy atom. The first kappa shape index (κ1) is 26.4. The van der Waals surface area contributed by atoms with Gasteiger partial charge in [-0.15, -0.1) is 13.2 Å². The SMILES string of the molecule is C[C@H](Nc1ncc(F)c(N2C(=O)OCC2[C@@H](C)OC(C)(C)C)n1)c1ccc(OC(F)(F)F)c(F)c1. The first-order valence-electron chi connectivity index (χ1n) is 10.6. The second kappa shape index (κ2) is 9.80. The first-order valence-corrected chi connectivity index (χ1v) is 10.6. The number of anilines is 2. The van der Waals surface area contributed by atoms with Crippen molar-refractivity contribution < 1.29 is 41.0 Å². The van der Waals surface area contributed by atoms with Crippen LogP contribution in [0.15, 0.2) is 24.4 Å². The van der Waals surface area contributed by atoms with Crippen LogP contribution in [0.5, 0.6) is 5.75 Å². The molecule has 0 bridgehead atoms. The molecule has 1 amide bonds. The minimum atomic E-state index is -5.03. The molecule has 192 valence electrons. The van der Waals surface area contributed by atoms with Gasteiger partial charge in [0, 0.05) is 0 Å². The molecule has 8 nitrogen and oxygen atoms in total. The lowest BCUT2D eigenvalue weighted by Gasteiger charge is -2.31. The van der Waals surface area contributed by atoms with E-state index in [1.165, 1.54) is 6.07 Å². The number of halogens is 5. The average molecular weight is 504 g/mol. The second-order valence-electron chi connectivity index (χ2n) is 8.92. The fraction of sp³-hybridized carbons (Fsp3) is 0.500. The van der Waals surface area contributed by atoms with Crippen LogP contribution in [-0.2, 0) is 9.47 Å². The number of hydrogen-bond acceptors (Lipinski definition) is 7. The van der Waals surface area contributed by atoms with Gasteiger partial charge in [-0.2, -0.15) is 4.98 Å². The fourth-order valence-electron chi connectivity index (χ4n) is 3.53. The molecule has 35 heavy (non-hydrogen) atoms. The van der Waals surface area contributed by atoms with Crippen LogP contribution in [0, 0.1) is 11.6 Å². The number of ether oxygens (including phenoxy) is 3. The van der Waals surface area contributed by atoms with Gasteiger partial charge in [-0.25, -0.2) is 23.5 Å². The Morgan fingerprint density at radius 3 is 2.46 bits per heavy atom. The minimum absolute atomic E-state index is 0.0374. The molecule has 1 fully saturated rings. The van der Waals surface area contributed by atoms with Crippen LogP contribution in [0.2, 0.25) is 0 Å². The van der Waals surface area contributed by atoms with Crippen molar-refractivity contribution in [1.29, 1.82) is 0 Å². The molecule has 1 aliphatic heterocycles. The Kier molecular flexibility index (Phi) is 7.39. The van der Waals surface area contributed by atoms with Crippen molar-refractivity contribution in [3.05, 3.63) is 41.6 Å². The molecular formula is C22H25F5N4O4. The quantitative estimate of drug-likeness (QED) is 0.509. The van der Waals surface area contributed by atoms with Gasteiger partial charge in [0.1, 0.15) is 12.6 Å². The highest BCUT2D eigenvalue weighted by atomic mass is 19.4. The van der Waals surface area contributed by atoms with Gasteiger partial charge in [-0.1, -0.05) is 6.07 Å². The van der Waals surface area contributed by atoms with Gasteiger partial charge in [0.05, 0.1) is 23.9 Å². The van der Waals surface area contributed by atoms with Crippen molar-refractivity contribution in [2.24, 2.45) is 0 Å². The molecule has 13 heteroatoms. The third kappa shape index (κ3) is 6.68. The van der Waals surface area contributed by atoms with E-state index < -0.39 is 53.6 Å². The summed E-state index contributed by atoms with van der Waals surface area (Å²) in [6.07, 6.45) is -5.50. The smallest absolute Gasteiger partial charge is 0.447 e. The van der Waals surface area contributed by atoms with Crippen LogP contribution in [0.1, 0.15) is 46.2 Å². The average Bonchev–Trinajstić information content (AvgIpc) is 3.10. The first-order chi connectivity index (χ1) is 16.1. The molecule has 1 N–H and O–H groups in total. The Labute approximate surface area is 198 Å². The van der Waals surface area contributed by atoms with Gasteiger partial charge in [0.15, 0.2) is 23.2 Å². The van der Waals surface area contributed by atoms with Gasteiger partial charge in [-0.05, 0) is 52.3 Å². The molecule has 1 saturated heterocycles. The highest BCUT2D eigenvalue weighted by Crippen LogP contribution is 2.31. The predicted molar refractivity (Wildman–Crippen MR) is 115 cm³/mol. The molecule has 0 saturated carbocycles. The lowest BCUT2D eigenvalue weighted by molar-refractivity contribution is -0.275. The Morgan fingerprint density at radius 2 is 1.86 bits per heavy atom. The van der Waals surface area contributed by atoms with Crippen molar-refractivity contribution >= 4 is 17.9 Å². The fourth-order valence-corrected chi connectivity index (χ4v) is 3.53. The maximum atomic E-state index is 14.7. The minimum Gasteiger partial charge on any atom is -0.447 e. The van der Waals surface area contributed by atoms with Crippen LogP contribution in [0.3, 0.4) is 0 Å². The highest BCUT2D eigenvalue weighted by Gasteiger charge is 2.42. The van der Waals surface area contributed by atoms with Gasteiger partial charge >= 0.3 is 12.5 Å². The summed E-state index contributed by atoms with van der Waals surface area (Å²) in [7, 11) is 0. The number of alkyl halides is 3. The standard InChI is InChI=1S/C22H25F5N4O4/c1-11(13-6-7-17(14(23)8-13)35-22(25,26)27)29-19-28-9-15(24)18(30-19)31-16(10-33-20(31)32)12(2)34-21(3,4)5/h6-9,11-12,16H,10H2,1-5H3,(H,28,29,30)/t11-,12+,16?/m0/s1. The van der Waals surface area contributed by atoms with E-state index in [9.17, 15) is 26.7 Å². The summed E-state index contributed by atoms with van der Waals surface area (Å²) in [5.74, 6) is -3.52. The topological polar surface area (TPSA) is 85.8 Å². The molecule has 1 aromatic heterocycles. The van der Waals surface area contributed by atoms with Crippen molar-refractivity contribution in [2.75, 3.05) is 16.8 Å². The van der Waals surface area contributed by atoms with E-state index in [-0.39, 0.29) is 23.9 Å². The summed E-state index contributed by atoms with van der Waals surface area (Å²) in [4.78, 5) is 21.4. The lowest BCUT2D eigenvalue weighted by atomic mass is 10.1. The Balaban J connectivity index is 1.81. The summed E-state index contributed by atoms with van der Waals surface area (Å²) in [6.45, 7) is 8.77. The maximum absolute atomic E-state index is 14.7. The summed E-state index contributed by atoms with van der Waals surface area (Å²) >= 11 is 0. The van der Waals surface area contributed by atoms with Crippen LogP contribution in [0.25, 0.3) is 0 Å². The number of nitrogens with one attached hydrogen (secondary N) is 1. The van der Waals surface area contributed by atoms with E-state index in [0.29, 0.717) is 0 Å². The normalized spacial score (nSPS) is 18.3. The van der Waals surface area contributed by atoms with E-state index >= 15 is 0 Å². The maximum Gasteiger partial charge on any atom is 0.573 e. The molecule has 2 heterocycles. The molecule has 1 aromatic carbocycles. The number of amides is 1. The number of benzene rings is 1. The zero-order chi connectivity index (χ0) is 26.1. The zero-order valence-electron chi connectivity index (χ0n) is 19.6. The third-order valence-electron chi connectivity index (χ3n) is 4.97. The molecule has 0 radical (unpaired) electrons. The largest absolute Gasteiger partial charge is 0.573 e. The second-order valence-corrected chi connectivity index (χ2v) is 8.92. The van der Waals surface area contributed by atoms with Crippen LogP contribution in [-0.4, -0.2) is 46.8 Å². The van der Waals surface area contributed by atoms with Crippen molar-refractivity contribution in [3.63, 3.8) is 0 Å². The molecular weight excluding hydrogens is 479 g/mol. The predicted octanol–water partition coefficient (Wildman–Crippen LogP) is 5.36. The zero-order valence-corrected chi connectivity index (χ0v) is 19.6. The van der Waals surface area contributed by atoms with Gasteiger partial charge in [0.2, 0.25) is 5.95 Å². The number of carbonyl (C=O) groups is 1. The number of rotatable bonds is 7. The highest BCUT2D eigenvalue weighted by molar-refractivity contribution is 5.89. The number of cyclic esters (lactones) is 1. The summed E-state index contributed by atoms with van der Waals surface area (Å²) in [5, 5.41) is 2.81. The molecule has 3 atom stereocenters. The van der Waals surface area contributed by atoms with Crippen molar-refractivity contribution in [1.82, 2.24) is 9.97 Å². The van der Waals surface area contributed by atoms with Crippen LogP contribution in [0.4, 0.5) is 38.5 Å². The van der Waals surface area contributed by atoms with Gasteiger partial charge in [-0.3, -0.25) is 0 Å². The van der Waals surface area contributed by atoms with E-state index in [2.05, 4.69) is 20.0 Å². The van der Waals surface area contributed by atoms with Crippen molar-refractivity contribution in [3.8, 4) is 5.75 Å². The van der Waals surface area contributed by atoms with Gasteiger partial charge in [0.25, 0.3) is 0 Å². The van der Waals surface area contributed by atoms with Gasteiger partial charge < -0.3 is 19.5 Å². The van der Waals surface area contributed by atoms with Crippen molar-refractivity contribution in [2.45, 2.75) is 64.8 Å². The van der Waals surface area contributed by atoms with E-state index in [0.717, 1.165) is 23.2 Å². The Hall–Kier alpha value is -3.22. The van der Waals surface area contributed by atoms with E-state index in [1.807, 2.05) is 20.8 Å². The summed E-state index contributed by atoms with van der Waals surface area (Å²) in [5.41, 5.74) is -0.281. The molecule has 3 rings (SSSR count). The molecule has 2 aromatic rings. The lowest BCUT2D eigenvalue weighted by Crippen LogP contribution is -2.45. The molecule has 0 spiro atoms. The molecule has 0 aliphatic carbocycles. The van der Waals surface area contributed by atoms with Crippen LogP contribution < -0.4 is 15.0 Å². The summed E-state index contributed by atoms with van der Waals surface area (Å²) in [6, 6.07) is 1.57. The summed E-state index contributed by atoms with van der Waals surface area (Å²) < 4.78 is 80.4. The van der Waals surface area contributed by atoms with E-state index in [1.54, 1.807) is 13.8 Å². The molecule has 1 unspecified atom stereocenters. The number of aromatic nitrogens is 2. The van der Waals surface area contributed by atoms with Crippen LogP contribution >= 0.6 is 0 Å². The Bertz CT molecular complexity index is 1080. The number of nitrogens with zero attached hydrogens (tertiary/aromatic N) is 3. The number of carbonyl (C=O) groups excluding carboxylic acids is 1. The number of hydrogen-bond donors (Lipinski definition) is 1. The van der Waals surface area contributed by atoms with E-state index in [4.69, 9.17) is 9.47 Å².